The van der Waals surface area contributed by atoms with E-state index in [4.69, 9.17) is 9.47 Å². The maximum Gasteiger partial charge on any atom is 0.329 e. The van der Waals surface area contributed by atoms with Crippen LogP contribution in [0.5, 0.6) is 11.5 Å². The monoisotopic (exact) mass is 295 g/mol. The number of ether oxygens (including phenoxy) is 2. The van der Waals surface area contributed by atoms with Crippen molar-refractivity contribution in [3.8, 4) is 11.5 Å². The third-order valence-electron chi connectivity index (χ3n) is 3.43. The third kappa shape index (κ3) is 4.11. The van der Waals surface area contributed by atoms with Gasteiger partial charge in [0.15, 0.2) is 0 Å². The summed E-state index contributed by atoms with van der Waals surface area (Å²) < 4.78 is 10.3. The van der Waals surface area contributed by atoms with Crippen LogP contribution >= 0.6 is 0 Å². The van der Waals surface area contributed by atoms with Gasteiger partial charge in [0.05, 0.1) is 20.6 Å². The molecule has 1 aromatic carbocycles. The number of carboxylic acids is 1. The summed E-state index contributed by atoms with van der Waals surface area (Å²) in [7, 11) is 3.04. The summed E-state index contributed by atoms with van der Waals surface area (Å²) in [5, 5.41) is 11.7. The molecule has 0 fully saturated rings. The highest BCUT2D eigenvalue weighted by atomic mass is 16.5. The third-order valence-corrected chi connectivity index (χ3v) is 3.43. The molecule has 0 bridgehead atoms. The summed E-state index contributed by atoms with van der Waals surface area (Å²) in [6.45, 7) is 3.19. The zero-order valence-electron chi connectivity index (χ0n) is 12.7. The van der Waals surface area contributed by atoms with Crippen molar-refractivity contribution in [2.24, 2.45) is 0 Å². The standard InChI is InChI=1S/C15H21NO5/c1-5-15(2,14(18)19)16-13(17)9-10-8-11(20-3)6-7-12(10)21-4/h6-8H,5,9H2,1-4H3,(H,16,17)(H,18,19). The smallest absolute Gasteiger partial charge is 0.329 e. The summed E-state index contributed by atoms with van der Waals surface area (Å²) in [6, 6.07) is 5.13. The topological polar surface area (TPSA) is 84.9 Å². The molecule has 0 aliphatic heterocycles. The lowest BCUT2D eigenvalue weighted by atomic mass is 9.98. The van der Waals surface area contributed by atoms with Crippen molar-refractivity contribution in [3.63, 3.8) is 0 Å². The zero-order valence-corrected chi connectivity index (χ0v) is 12.7. The molecule has 116 valence electrons. The predicted octanol–water partition coefficient (Wildman–Crippen LogP) is 1.62. The zero-order chi connectivity index (χ0) is 16.0. The Bertz CT molecular complexity index is 529. The van der Waals surface area contributed by atoms with Crippen molar-refractivity contribution in [1.29, 1.82) is 0 Å². The van der Waals surface area contributed by atoms with Crippen LogP contribution in [0.3, 0.4) is 0 Å². The molecule has 0 radical (unpaired) electrons. The first-order valence-corrected chi connectivity index (χ1v) is 6.61. The molecule has 1 aromatic rings. The highest BCUT2D eigenvalue weighted by Gasteiger charge is 2.32. The number of carbonyl (C=O) groups excluding carboxylic acids is 1. The van der Waals surface area contributed by atoms with E-state index in [2.05, 4.69) is 5.32 Å². The Morgan fingerprint density at radius 1 is 1.29 bits per heavy atom. The lowest BCUT2D eigenvalue weighted by Gasteiger charge is -2.24. The number of carboxylic acid groups (broad SMARTS) is 1. The molecule has 1 unspecified atom stereocenters. The minimum Gasteiger partial charge on any atom is -0.497 e. The molecule has 0 heterocycles. The molecule has 6 heteroatoms. The van der Waals surface area contributed by atoms with Gasteiger partial charge in [-0.1, -0.05) is 6.92 Å². The summed E-state index contributed by atoms with van der Waals surface area (Å²) in [4.78, 5) is 23.3. The second-order valence-electron chi connectivity index (χ2n) is 4.89. The normalized spacial score (nSPS) is 13.1. The molecule has 1 rings (SSSR count). The number of hydrogen-bond donors (Lipinski definition) is 2. The number of amides is 1. The van der Waals surface area contributed by atoms with Gasteiger partial charge in [0.25, 0.3) is 0 Å². The van der Waals surface area contributed by atoms with Gasteiger partial charge in [-0.3, -0.25) is 4.79 Å². The van der Waals surface area contributed by atoms with E-state index in [-0.39, 0.29) is 12.3 Å². The van der Waals surface area contributed by atoms with Crippen molar-refractivity contribution in [2.45, 2.75) is 32.2 Å². The number of carbonyl (C=O) groups is 2. The van der Waals surface area contributed by atoms with Gasteiger partial charge in [-0.05, 0) is 31.5 Å². The number of aliphatic carboxylic acids is 1. The van der Waals surface area contributed by atoms with Gasteiger partial charge in [0.1, 0.15) is 17.0 Å². The van der Waals surface area contributed by atoms with Gasteiger partial charge < -0.3 is 19.9 Å². The first kappa shape index (κ1) is 16.8. The van der Waals surface area contributed by atoms with Gasteiger partial charge in [-0.2, -0.15) is 0 Å². The number of benzene rings is 1. The van der Waals surface area contributed by atoms with Gasteiger partial charge >= 0.3 is 5.97 Å². The molecule has 1 atom stereocenters. The first-order valence-electron chi connectivity index (χ1n) is 6.61. The molecule has 0 aliphatic rings. The Labute approximate surface area is 124 Å². The predicted molar refractivity (Wildman–Crippen MR) is 77.7 cm³/mol. The van der Waals surface area contributed by atoms with E-state index in [1.165, 1.54) is 21.1 Å². The average Bonchev–Trinajstić information content (AvgIpc) is 2.46. The van der Waals surface area contributed by atoms with Crippen molar-refractivity contribution in [2.75, 3.05) is 14.2 Å². The van der Waals surface area contributed by atoms with Gasteiger partial charge in [0, 0.05) is 5.56 Å². The van der Waals surface area contributed by atoms with Crippen LogP contribution in [-0.4, -0.2) is 36.7 Å². The maximum absolute atomic E-state index is 12.1. The number of methoxy groups -OCH3 is 2. The van der Waals surface area contributed by atoms with E-state index < -0.39 is 11.5 Å². The van der Waals surface area contributed by atoms with E-state index in [1.807, 2.05) is 0 Å². The maximum atomic E-state index is 12.1. The van der Waals surface area contributed by atoms with Crippen LogP contribution in [0, 0.1) is 0 Å². The lowest BCUT2D eigenvalue weighted by Crippen LogP contribution is -2.52. The van der Waals surface area contributed by atoms with Crippen LogP contribution in [0.15, 0.2) is 18.2 Å². The Morgan fingerprint density at radius 3 is 2.43 bits per heavy atom. The van der Waals surface area contributed by atoms with Crippen molar-refractivity contribution in [1.82, 2.24) is 5.32 Å². The summed E-state index contributed by atoms with van der Waals surface area (Å²) in [5.41, 5.74) is -0.637. The lowest BCUT2D eigenvalue weighted by molar-refractivity contribution is -0.146. The fourth-order valence-electron chi connectivity index (χ4n) is 1.84. The molecule has 2 N–H and O–H groups in total. The second-order valence-corrected chi connectivity index (χ2v) is 4.89. The molecule has 21 heavy (non-hydrogen) atoms. The van der Waals surface area contributed by atoms with E-state index >= 15 is 0 Å². The van der Waals surface area contributed by atoms with Gasteiger partial charge in [-0.15, -0.1) is 0 Å². The fourth-order valence-corrected chi connectivity index (χ4v) is 1.84. The highest BCUT2D eigenvalue weighted by Crippen LogP contribution is 2.24. The van der Waals surface area contributed by atoms with Crippen LogP contribution in [0.4, 0.5) is 0 Å². The van der Waals surface area contributed by atoms with Crippen LogP contribution in [-0.2, 0) is 16.0 Å². The van der Waals surface area contributed by atoms with E-state index in [1.54, 1.807) is 25.1 Å². The summed E-state index contributed by atoms with van der Waals surface area (Å²) >= 11 is 0. The largest absolute Gasteiger partial charge is 0.497 e. The Hall–Kier alpha value is -2.24. The van der Waals surface area contributed by atoms with Crippen LogP contribution < -0.4 is 14.8 Å². The summed E-state index contributed by atoms with van der Waals surface area (Å²) in [6.07, 6.45) is 0.312. The minimum atomic E-state index is -1.27. The minimum absolute atomic E-state index is 0.0171. The van der Waals surface area contributed by atoms with Crippen molar-refractivity contribution in [3.05, 3.63) is 23.8 Å². The fraction of sp³-hybridized carbons (Fsp3) is 0.467. The van der Waals surface area contributed by atoms with E-state index in [0.29, 0.717) is 23.5 Å². The van der Waals surface area contributed by atoms with Gasteiger partial charge in [0.2, 0.25) is 5.91 Å². The number of nitrogens with one attached hydrogen (secondary N) is 1. The van der Waals surface area contributed by atoms with E-state index in [9.17, 15) is 14.7 Å². The quantitative estimate of drug-likeness (QED) is 0.798. The van der Waals surface area contributed by atoms with Gasteiger partial charge in [-0.25, -0.2) is 4.79 Å². The highest BCUT2D eigenvalue weighted by molar-refractivity contribution is 5.87. The molecule has 0 aliphatic carbocycles. The van der Waals surface area contributed by atoms with Crippen molar-refractivity contribution >= 4 is 11.9 Å². The van der Waals surface area contributed by atoms with Crippen molar-refractivity contribution < 1.29 is 24.2 Å². The second kappa shape index (κ2) is 6.97. The molecule has 0 saturated heterocycles. The first-order chi connectivity index (χ1) is 9.86. The van der Waals surface area contributed by atoms with E-state index in [0.717, 1.165) is 0 Å². The molecule has 1 amide bonds. The number of hydrogen-bond acceptors (Lipinski definition) is 4. The molecule has 0 spiro atoms. The Balaban J connectivity index is 2.90. The average molecular weight is 295 g/mol. The molecule has 6 nitrogen and oxygen atoms in total. The SMILES string of the molecule is CCC(C)(NC(=O)Cc1cc(OC)ccc1OC)C(=O)O. The summed E-state index contributed by atoms with van der Waals surface area (Å²) in [5.74, 6) is -0.279. The Kier molecular flexibility index (Phi) is 5.58. The molecule has 0 aromatic heterocycles. The molecular formula is C15H21NO5. The van der Waals surface area contributed by atoms with Crippen LogP contribution in [0.2, 0.25) is 0 Å². The Morgan fingerprint density at radius 2 is 1.95 bits per heavy atom. The van der Waals surface area contributed by atoms with Crippen LogP contribution in [0.25, 0.3) is 0 Å². The molecule has 0 saturated carbocycles. The number of rotatable bonds is 7. The molecular weight excluding hydrogens is 274 g/mol. The van der Waals surface area contributed by atoms with Crippen LogP contribution in [0.1, 0.15) is 25.8 Å².